The Labute approximate surface area is 90.5 Å². The fourth-order valence-corrected chi connectivity index (χ4v) is 0. The fraction of sp³-hybridized carbons (Fsp3) is 0. The van der Waals surface area contributed by atoms with Crippen LogP contribution in [0, 0.1) is 15.3 Å². The van der Waals surface area contributed by atoms with Gasteiger partial charge < -0.3 is 15.3 Å². The Morgan fingerprint density at radius 2 is 1.22 bits per heavy atom. The zero-order valence-corrected chi connectivity index (χ0v) is 9.81. The summed E-state index contributed by atoms with van der Waals surface area (Å²) in [6.07, 6.45) is 0. The number of hydrogen-bond donors (Lipinski definition) is 0. The Bertz CT molecular complexity index is 63.3. The molecule has 0 rings (SSSR count). The van der Waals surface area contributed by atoms with Crippen LogP contribution in [0.25, 0.3) is 0 Å². The second-order valence-electron chi connectivity index (χ2n) is 0.471. The van der Waals surface area contributed by atoms with E-state index in [0.717, 1.165) is 0 Å². The molecule has 0 aliphatic heterocycles. The second-order valence-corrected chi connectivity index (χ2v) is 6.90. The summed E-state index contributed by atoms with van der Waals surface area (Å²) < 4.78 is 0. The monoisotopic (exact) mass is 217 g/mol. The van der Waals surface area contributed by atoms with Crippen molar-refractivity contribution in [1.29, 1.82) is 0 Å². The summed E-state index contributed by atoms with van der Waals surface area (Å²) in [5.41, 5.74) is 0. The van der Waals surface area contributed by atoms with E-state index in [4.69, 9.17) is 45.5 Å². The van der Waals surface area contributed by atoms with Crippen LogP contribution in [0.4, 0.5) is 0 Å². The molecule has 0 aliphatic rings. The summed E-state index contributed by atoms with van der Waals surface area (Å²) in [6.45, 7) is 0. The Morgan fingerprint density at radius 3 is 1.22 bits per heavy atom. The summed E-state index contributed by atoms with van der Waals surface area (Å²) in [4.78, 5) is 8.25. The largest absolute Gasteiger partial charge is 1.00 e. The molecular formula is AlCl3NNaO3. The van der Waals surface area contributed by atoms with Gasteiger partial charge >= 0.3 is 40.9 Å². The topological polar surface area (TPSA) is 66.2 Å². The Morgan fingerprint density at radius 1 is 1.22 bits per heavy atom. The standard InChI is InChI=1S/Al.3ClH.NO3.Na/c;;;;2-1(3)4;/h;3*1H;;/q+3;;;;-1;+1/p-3. The van der Waals surface area contributed by atoms with E-state index >= 15 is 0 Å². The number of rotatable bonds is 0. The molecule has 48 valence electrons. The molecule has 0 saturated carbocycles. The molecule has 0 aromatic carbocycles. The third-order valence-corrected chi connectivity index (χ3v) is 0. The minimum absolute atomic E-state index is 0. The summed E-state index contributed by atoms with van der Waals surface area (Å²) in [6, 6.07) is 0. The smallest absolute Gasteiger partial charge is 0.356 e. The fourth-order valence-electron chi connectivity index (χ4n) is 0. The summed E-state index contributed by atoms with van der Waals surface area (Å²) in [5.74, 6) is 0. The first-order valence-electron chi connectivity index (χ1n) is 1.20. The molecule has 0 N–H and O–H groups in total. The zero-order chi connectivity index (χ0) is 7.15. The molecule has 0 aromatic heterocycles. The van der Waals surface area contributed by atoms with E-state index < -0.39 is 16.5 Å². The second kappa shape index (κ2) is 12.3. The predicted octanol–water partition coefficient (Wildman–Crippen LogP) is -1.55. The Balaban J connectivity index is -0.0000000720. The predicted molar refractivity (Wildman–Crippen MR) is 33.7 cm³/mol. The van der Waals surface area contributed by atoms with Gasteiger partial charge in [-0.1, -0.05) is 0 Å². The summed E-state index contributed by atoms with van der Waals surface area (Å²) >= 11 is -1.72. The average molecular weight is 218 g/mol. The molecule has 0 aliphatic carbocycles. The van der Waals surface area contributed by atoms with Crippen molar-refractivity contribution in [2.24, 2.45) is 0 Å². The third-order valence-electron chi connectivity index (χ3n) is 0. The van der Waals surface area contributed by atoms with Crippen LogP contribution in [0.1, 0.15) is 0 Å². The van der Waals surface area contributed by atoms with Gasteiger partial charge in [0.05, 0.1) is 5.09 Å². The van der Waals surface area contributed by atoms with Crippen molar-refractivity contribution in [2.45, 2.75) is 0 Å². The van der Waals surface area contributed by atoms with E-state index in [2.05, 4.69) is 0 Å². The molecule has 0 unspecified atom stereocenters. The van der Waals surface area contributed by atoms with E-state index in [1.807, 2.05) is 0 Å². The maximum Gasteiger partial charge on any atom is 1.00 e. The molecular weight excluding hydrogens is 218 g/mol. The first-order chi connectivity index (χ1) is 3.46. The van der Waals surface area contributed by atoms with Crippen LogP contribution in [0.2, 0.25) is 0 Å². The zero-order valence-electron chi connectivity index (χ0n) is 4.38. The van der Waals surface area contributed by atoms with Crippen molar-refractivity contribution in [3.63, 3.8) is 0 Å². The maximum absolute atomic E-state index is 8.25. The molecule has 9 heavy (non-hydrogen) atoms. The van der Waals surface area contributed by atoms with Gasteiger partial charge in [-0.2, -0.15) is 0 Å². The molecule has 0 saturated heterocycles. The van der Waals surface area contributed by atoms with E-state index in [1.54, 1.807) is 0 Å². The third kappa shape index (κ3) is 216. The Hall–Kier alpha value is 1.60. The number of nitrogens with zero attached hydrogens (tertiary/aromatic N) is 1. The molecule has 4 nitrogen and oxygen atoms in total. The van der Waals surface area contributed by atoms with Gasteiger partial charge in [0.2, 0.25) is 0 Å². The van der Waals surface area contributed by atoms with Gasteiger partial charge in [-0.3, -0.25) is 0 Å². The van der Waals surface area contributed by atoms with Gasteiger partial charge in [-0.15, -0.1) is 0 Å². The van der Waals surface area contributed by atoms with Gasteiger partial charge in [0, 0.05) is 0 Å². The van der Waals surface area contributed by atoms with Crippen molar-refractivity contribution in [3.8, 4) is 0 Å². The number of hydrogen-bond acceptors (Lipinski definition) is 3. The average Bonchev–Trinajstić information content (AvgIpc) is 1.25. The van der Waals surface area contributed by atoms with Crippen molar-refractivity contribution in [2.75, 3.05) is 0 Å². The molecule has 0 radical (unpaired) electrons. The van der Waals surface area contributed by atoms with Crippen LogP contribution in [-0.2, 0) is 0 Å². The quantitative estimate of drug-likeness (QED) is 0.281. The normalized spacial score (nSPS) is 5.67. The van der Waals surface area contributed by atoms with Gasteiger partial charge in [-0.25, -0.2) is 30.1 Å². The summed E-state index contributed by atoms with van der Waals surface area (Å²) in [5, 5.41) is 14.8. The molecule has 0 heterocycles. The maximum atomic E-state index is 8.25. The van der Waals surface area contributed by atoms with Crippen LogP contribution >= 0.6 is 30.1 Å². The first kappa shape index (κ1) is 16.9. The van der Waals surface area contributed by atoms with Gasteiger partial charge in [0.15, 0.2) is 0 Å². The molecule has 0 spiro atoms. The molecule has 0 atom stereocenters. The molecule has 0 fully saturated rings. The SMILES string of the molecule is O=[N+]([O-])[O-].[Cl][Al]([Cl])[Cl].[Na+]. The number of halogens is 3. The van der Waals surface area contributed by atoms with Crippen LogP contribution in [0.5, 0.6) is 0 Å². The Kier molecular flexibility index (Phi) is 23.1. The van der Waals surface area contributed by atoms with E-state index in [1.165, 1.54) is 0 Å². The van der Waals surface area contributed by atoms with E-state index in [-0.39, 0.29) is 29.6 Å². The van der Waals surface area contributed by atoms with Crippen LogP contribution in [-0.4, -0.2) is 16.5 Å². The van der Waals surface area contributed by atoms with Crippen molar-refractivity contribution in [3.05, 3.63) is 15.3 Å². The summed E-state index contributed by atoms with van der Waals surface area (Å²) in [7, 11) is 14.8. The van der Waals surface area contributed by atoms with Crippen LogP contribution in [0.15, 0.2) is 0 Å². The van der Waals surface area contributed by atoms with E-state index in [9.17, 15) is 0 Å². The molecule has 9 heteroatoms. The molecule has 0 amide bonds. The first-order valence-corrected chi connectivity index (χ1v) is 6.44. The van der Waals surface area contributed by atoms with Gasteiger partial charge in [0.25, 0.3) is 0 Å². The minimum Gasteiger partial charge on any atom is -0.356 e. The van der Waals surface area contributed by atoms with Gasteiger partial charge in [-0.05, 0) is 0 Å². The minimum atomic E-state index is -1.75. The molecule has 0 aromatic rings. The van der Waals surface area contributed by atoms with Crippen LogP contribution in [0.3, 0.4) is 0 Å². The van der Waals surface area contributed by atoms with Crippen LogP contribution < -0.4 is 29.6 Å². The van der Waals surface area contributed by atoms with Crippen molar-refractivity contribution in [1.82, 2.24) is 0 Å². The van der Waals surface area contributed by atoms with E-state index in [0.29, 0.717) is 0 Å². The van der Waals surface area contributed by atoms with Crippen molar-refractivity contribution >= 4 is 41.5 Å². The molecule has 0 bridgehead atoms. The van der Waals surface area contributed by atoms with Crippen molar-refractivity contribution < 1.29 is 34.6 Å². The van der Waals surface area contributed by atoms with Gasteiger partial charge in [0.1, 0.15) is 0 Å².